The van der Waals surface area contributed by atoms with E-state index in [4.69, 9.17) is 4.98 Å². The molecule has 4 rings (SSSR count). The molecule has 1 aliphatic rings. The number of nitrogens with zero attached hydrogens (tertiary/aromatic N) is 4. The first-order chi connectivity index (χ1) is 12.7. The third kappa shape index (κ3) is 2.87. The predicted octanol–water partition coefficient (Wildman–Crippen LogP) is 3.64. The van der Waals surface area contributed by atoms with Crippen molar-refractivity contribution in [1.82, 2.24) is 19.4 Å². The van der Waals surface area contributed by atoms with Gasteiger partial charge < -0.3 is 9.47 Å². The fourth-order valence-electron chi connectivity index (χ4n) is 3.82. The zero-order chi connectivity index (χ0) is 18.1. The average Bonchev–Trinajstić information content (AvgIpc) is 3.31. The van der Waals surface area contributed by atoms with Crippen LogP contribution in [0.3, 0.4) is 0 Å². The Morgan fingerprint density at radius 1 is 1.19 bits per heavy atom. The van der Waals surface area contributed by atoms with Gasteiger partial charge in [0.05, 0.1) is 0 Å². The van der Waals surface area contributed by atoms with Crippen molar-refractivity contribution in [3.8, 4) is 0 Å². The Balaban J connectivity index is 1.55. The van der Waals surface area contributed by atoms with Crippen molar-refractivity contribution >= 4 is 17.1 Å². The van der Waals surface area contributed by atoms with Gasteiger partial charge in [-0.05, 0) is 49.6 Å². The number of pyridine rings is 1. The summed E-state index contributed by atoms with van der Waals surface area (Å²) in [5, 5.41) is 0. The summed E-state index contributed by atoms with van der Waals surface area (Å²) in [4.78, 5) is 24.1. The normalized spacial score (nSPS) is 17.2. The minimum Gasteiger partial charge on any atom is -0.338 e. The predicted molar refractivity (Wildman–Crippen MR) is 102 cm³/mol. The Kier molecular flexibility index (Phi) is 4.45. The standard InChI is InChI=1S/C21H24N4O/c1-3-15-7-9-16(10-8-15)21(26)24-13-11-17(14-24)19-23-18-6-5-12-22-20(18)25(19)4-2/h5-10,12,17H,3-4,11,13-14H2,1-2H3/t17-/m0/s1. The molecule has 1 aliphatic heterocycles. The Labute approximate surface area is 153 Å². The monoisotopic (exact) mass is 348 g/mol. The first-order valence-corrected chi connectivity index (χ1v) is 9.40. The number of carbonyl (C=O) groups excluding carboxylic acids is 1. The molecule has 0 spiro atoms. The molecule has 1 amide bonds. The summed E-state index contributed by atoms with van der Waals surface area (Å²) in [6.07, 6.45) is 3.74. The molecule has 1 atom stereocenters. The van der Waals surface area contributed by atoms with E-state index in [1.54, 1.807) is 0 Å². The van der Waals surface area contributed by atoms with E-state index in [-0.39, 0.29) is 11.8 Å². The molecule has 134 valence electrons. The quantitative estimate of drug-likeness (QED) is 0.723. The fraction of sp³-hybridized carbons (Fsp3) is 0.381. The number of aromatic nitrogens is 3. The summed E-state index contributed by atoms with van der Waals surface area (Å²) >= 11 is 0. The summed E-state index contributed by atoms with van der Waals surface area (Å²) in [5.74, 6) is 1.44. The minimum absolute atomic E-state index is 0.118. The molecule has 0 N–H and O–H groups in total. The number of hydrogen-bond acceptors (Lipinski definition) is 3. The zero-order valence-corrected chi connectivity index (χ0v) is 15.4. The van der Waals surface area contributed by atoms with Crippen molar-refractivity contribution in [3.63, 3.8) is 0 Å². The van der Waals surface area contributed by atoms with Crippen molar-refractivity contribution in [2.75, 3.05) is 13.1 Å². The van der Waals surface area contributed by atoms with Gasteiger partial charge in [0.2, 0.25) is 0 Å². The SMILES string of the molecule is CCc1ccc(C(=O)N2CC[C@H](c3nc4cccnc4n3CC)C2)cc1. The van der Waals surface area contributed by atoms with Gasteiger partial charge in [-0.25, -0.2) is 9.97 Å². The molecular formula is C21H24N4O. The second-order valence-electron chi connectivity index (χ2n) is 6.85. The molecule has 5 nitrogen and oxygen atoms in total. The number of fused-ring (bicyclic) bond motifs is 1. The highest BCUT2D eigenvalue weighted by Gasteiger charge is 2.31. The number of likely N-dealkylation sites (tertiary alicyclic amines) is 1. The van der Waals surface area contributed by atoms with Crippen LogP contribution in [-0.4, -0.2) is 38.4 Å². The van der Waals surface area contributed by atoms with E-state index in [2.05, 4.69) is 23.4 Å². The molecule has 2 aromatic heterocycles. The molecule has 0 unspecified atom stereocenters. The number of aryl methyl sites for hydroxylation is 2. The maximum atomic E-state index is 12.8. The van der Waals surface area contributed by atoms with Gasteiger partial charge in [-0.2, -0.15) is 0 Å². The summed E-state index contributed by atoms with van der Waals surface area (Å²) in [5.41, 5.74) is 3.90. The zero-order valence-electron chi connectivity index (χ0n) is 15.4. The summed E-state index contributed by atoms with van der Waals surface area (Å²) in [6.45, 7) is 6.58. The Morgan fingerprint density at radius 2 is 2.00 bits per heavy atom. The van der Waals surface area contributed by atoms with E-state index in [1.807, 2.05) is 47.5 Å². The van der Waals surface area contributed by atoms with E-state index in [0.29, 0.717) is 0 Å². The lowest BCUT2D eigenvalue weighted by atomic mass is 10.1. The van der Waals surface area contributed by atoms with E-state index in [0.717, 1.165) is 55.0 Å². The first kappa shape index (κ1) is 16.8. The van der Waals surface area contributed by atoms with Crippen molar-refractivity contribution in [2.45, 2.75) is 39.2 Å². The van der Waals surface area contributed by atoms with Crippen LogP contribution in [0, 0.1) is 0 Å². The molecule has 0 radical (unpaired) electrons. The van der Waals surface area contributed by atoms with Crippen LogP contribution in [0.1, 0.15) is 47.9 Å². The lowest BCUT2D eigenvalue weighted by molar-refractivity contribution is 0.0790. The van der Waals surface area contributed by atoms with Gasteiger partial charge in [-0.3, -0.25) is 4.79 Å². The minimum atomic E-state index is 0.118. The highest BCUT2D eigenvalue weighted by atomic mass is 16.2. The highest BCUT2D eigenvalue weighted by molar-refractivity contribution is 5.94. The maximum Gasteiger partial charge on any atom is 0.253 e. The summed E-state index contributed by atoms with van der Waals surface area (Å²) in [6, 6.07) is 11.9. The van der Waals surface area contributed by atoms with Gasteiger partial charge in [0.1, 0.15) is 11.3 Å². The molecule has 3 aromatic rings. The first-order valence-electron chi connectivity index (χ1n) is 9.40. The van der Waals surface area contributed by atoms with Gasteiger partial charge in [0.25, 0.3) is 5.91 Å². The molecule has 0 bridgehead atoms. The Morgan fingerprint density at radius 3 is 2.73 bits per heavy atom. The number of amides is 1. The van der Waals surface area contributed by atoms with Gasteiger partial charge >= 0.3 is 0 Å². The third-order valence-corrected chi connectivity index (χ3v) is 5.30. The van der Waals surface area contributed by atoms with Crippen molar-refractivity contribution in [2.24, 2.45) is 0 Å². The molecule has 26 heavy (non-hydrogen) atoms. The van der Waals surface area contributed by atoms with Gasteiger partial charge in [-0.1, -0.05) is 19.1 Å². The van der Waals surface area contributed by atoms with Crippen molar-refractivity contribution in [1.29, 1.82) is 0 Å². The molecule has 1 aromatic carbocycles. The number of benzene rings is 1. The third-order valence-electron chi connectivity index (χ3n) is 5.30. The van der Waals surface area contributed by atoms with E-state index in [9.17, 15) is 4.79 Å². The summed E-state index contributed by atoms with van der Waals surface area (Å²) in [7, 11) is 0. The largest absolute Gasteiger partial charge is 0.338 e. The van der Waals surface area contributed by atoms with E-state index < -0.39 is 0 Å². The highest BCUT2D eigenvalue weighted by Crippen LogP contribution is 2.29. The van der Waals surface area contributed by atoms with Crippen LogP contribution in [0.25, 0.3) is 11.2 Å². The second-order valence-corrected chi connectivity index (χ2v) is 6.85. The molecule has 1 saturated heterocycles. The van der Waals surface area contributed by atoms with Crippen molar-refractivity contribution < 1.29 is 4.79 Å². The topological polar surface area (TPSA) is 51.0 Å². The molecule has 0 aliphatic carbocycles. The van der Waals surface area contributed by atoms with Crippen molar-refractivity contribution in [3.05, 3.63) is 59.5 Å². The Hall–Kier alpha value is -2.69. The van der Waals surface area contributed by atoms with Crippen LogP contribution >= 0.6 is 0 Å². The molecular weight excluding hydrogens is 324 g/mol. The van der Waals surface area contributed by atoms with Gasteiger partial charge in [0, 0.05) is 37.3 Å². The maximum absolute atomic E-state index is 12.8. The summed E-state index contributed by atoms with van der Waals surface area (Å²) < 4.78 is 2.18. The number of imidazole rings is 1. The fourth-order valence-corrected chi connectivity index (χ4v) is 3.82. The second kappa shape index (κ2) is 6.90. The van der Waals surface area contributed by atoms with Crippen LogP contribution in [0.2, 0.25) is 0 Å². The van der Waals surface area contributed by atoms with Crippen LogP contribution in [0.4, 0.5) is 0 Å². The van der Waals surface area contributed by atoms with Crippen LogP contribution in [0.15, 0.2) is 42.6 Å². The molecule has 0 saturated carbocycles. The average molecular weight is 348 g/mol. The van der Waals surface area contributed by atoms with Crippen LogP contribution in [0.5, 0.6) is 0 Å². The lowest BCUT2D eigenvalue weighted by Crippen LogP contribution is -2.28. The van der Waals surface area contributed by atoms with E-state index >= 15 is 0 Å². The molecule has 1 fully saturated rings. The van der Waals surface area contributed by atoms with E-state index in [1.165, 1.54) is 5.56 Å². The number of hydrogen-bond donors (Lipinski definition) is 0. The number of rotatable bonds is 4. The molecule has 5 heteroatoms. The Bertz CT molecular complexity index is 929. The van der Waals surface area contributed by atoms with Gasteiger partial charge in [-0.15, -0.1) is 0 Å². The smallest absolute Gasteiger partial charge is 0.253 e. The lowest BCUT2D eigenvalue weighted by Gasteiger charge is -2.17. The molecule has 3 heterocycles. The number of carbonyl (C=O) groups is 1. The van der Waals surface area contributed by atoms with Crippen LogP contribution < -0.4 is 0 Å². The van der Waals surface area contributed by atoms with Crippen LogP contribution in [-0.2, 0) is 13.0 Å². The van der Waals surface area contributed by atoms with Gasteiger partial charge in [0.15, 0.2) is 5.65 Å².